The van der Waals surface area contributed by atoms with Crippen LogP contribution < -0.4 is 14.2 Å². The highest BCUT2D eigenvalue weighted by Crippen LogP contribution is 2.32. The van der Waals surface area contributed by atoms with Gasteiger partial charge in [-0.05, 0) is 24.1 Å². The van der Waals surface area contributed by atoms with E-state index >= 15 is 0 Å². The third-order valence-electron chi connectivity index (χ3n) is 3.28. The normalized spacial score (nSPS) is 11.2. The van der Waals surface area contributed by atoms with Crippen molar-refractivity contribution in [1.29, 1.82) is 0 Å². The van der Waals surface area contributed by atoms with Crippen LogP contribution in [0.3, 0.4) is 0 Å². The van der Waals surface area contributed by atoms with Gasteiger partial charge in [-0.2, -0.15) is 0 Å². The van der Waals surface area contributed by atoms with E-state index < -0.39 is 10.0 Å². The van der Waals surface area contributed by atoms with Crippen molar-refractivity contribution in [3.63, 3.8) is 0 Å². The van der Waals surface area contributed by atoms with Gasteiger partial charge in [0.1, 0.15) is 0 Å². The van der Waals surface area contributed by atoms with Crippen LogP contribution in [0.25, 0.3) is 0 Å². The third kappa shape index (κ3) is 3.58. The molecular formula is C16H19NO4S. The Labute approximate surface area is 130 Å². The van der Waals surface area contributed by atoms with Crippen LogP contribution in [0.2, 0.25) is 0 Å². The largest absolute Gasteiger partial charge is 0.493 e. The maximum Gasteiger partial charge on any atom is 0.241 e. The molecule has 0 aromatic heterocycles. The van der Waals surface area contributed by atoms with E-state index in [0.29, 0.717) is 17.1 Å². The molecule has 0 radical (unpaired) electrons. The van der Waals surface area contributed by atoms with Crippen molar-refractivity contribution in [2.45, 2.75) is 18.4 Å². The molecule has 0 bridgehead atoms. The molecule has 6 heteroatoms. The minimum absolute atomic E-state index is 0.182. The summed E-state index contributed by atoms with van der Waals surface area (Å²) in [5.74, 6) is 0.884. The lowest BCUT2D eigenvalue weighted by molar-refractivity contribution is 0.353. The van der Waals surface area contributed by atoms with Crippen LogP contribution in [0.15, 0.2) is 47.4 Å². The van der Waals surface area contributed by atoms with Gasteiger partial charge < -0.3 is 9.47 Å². The number of benzene rings is 2. The van der Waals surface area contributed by atoms with Crippen molar-refractivity contribution in [3.8, 4) is 11.5 Å². The van der Waals surface area contributed by atoms with E-state index in [2.05, 4.69) is 4.72 Å². The molecule has 118 valence electrons. The average molecular weight is 321 g/mol. The maximum absolute atomic E-state index is 12.5. The Hall–Kier alpha value is -2.05. The van der Waals surface area contributed by atoms with Gasteiger partial charge >= 0.3 is 0 Å². The Morgan fingerprint density at radius 2 is 1.59 bits per heavy atom. The molecule has 2 aromatic rings. The molecule has 0 aliphatic rings. The van der Waals surface area contributed by atoms with Crippen LogP contribution in [-0.4, -0.2) is 22.6 Å². The predicted octanol–water partition coefficient (Wildman–Crippen LogP) is 2.49. The lowest BCUT2D eigenvalue weighted by Gasteiger charge is -2.13. The highest BCUT2D eigenvalue weighted by molar-refractivity contribution is 7.89. The number of sulfonamides is 1. The smallest absolute Gasteiger partial charge is 0.241 e. The van der Waals surface area contributed by atoms with E-state index in [-0.39, 0.29) is 11.4 Å². The van der Waals surface area contributed by atoms with Gasteiger partial charge in [0.2, 0.25) is 10.0 Å². The Kier molecular flexibility index (Phi) is 5.05. The summed E-state index contributed by atoms with van der Waals surface area (Å²) in [6, 6.07) is 12.5. The Morgan fingerprint density at radius 1 is 1.00 bits per heavy atom. The summed E-state index contributed by atoms with van der Waals surface area (Å²) < 4.78 is 37.9. The fraction of sp³-hybridized carbons (Fsp3) is 0.250. The molecule has 0 spiro atoms. The first-order chi connectivity index (χ1) is 10.5. The van der Waals surface area contributed by atoms with Crippen molar-refractivity contribution in [2.75, 3.05) is 14.2 Å². The zero-order valence-electron chi connectivity index (χ0n) is 12.8. The molecule has 0 amide bonds. The summed E-state index contributed by atoms with van der Waals surface area (Å²) >= 11 is 0. The van der Waals surface area contributed by atoms with Gasteiger partial charge in [-0.1, -0.05) is 30.3 Å². The van der Waals surface area contributed by atoms with Gasteiger partial charge in [0, 0.05) is 12.6 Å². The quantitative estimate of drug-likeness (QED) is 0.888. The number of rotatable bonds is 6. The van der Waals surface area contributed by atoms with Gasteiger partial charge in [0.15, 0.2) is 11.5 Å². The molecule has 0 saturated carbocycles. The van der Waals surface area contributed by atoms with Crippen molar-refractivity contribution in [1.82, 2.24) is 4.72 Å². The van der Waals surface area contributed by atoms with E-state index in [4.69, 9.17) is 9.47 Å². The number of hydrogen-bond donors (Lipinski definition) is 1. The molecule has 1 N–H and O–H groups in total. The molecule has 0 unspecified atom stereocenters. The van der Waals surface area contributed by atoms with Crippen LogP contribution in [0.5, 0.6) is 11.5 Å². The molecule has 2 aromatic carbocycles. The van der Waals surface area contributed by atoms with Crippen LogP contribution in [0.1, 0.15) is 11.1 Å². The molecule has 2 rings (SSSR count). The maximum atomic E-state index is 12.5. The van der Waals surface area contributed by atoms with E-state index in [0.717, 1.165) is 5.56 Å². The van der Waals surface area contributed by atoms with Gasteiger partial charge in [0.05, 0.1) is 19.1 Å². The molecule has 0 aliphatic heterocycles. The summed E-state index contributed by atoms with van der Waals surface area (Å²) in [7, 11) is -0.646. The summed E-state index contributed by atoms with van der Waals surface area (Å²) in [5.41, 5.74) is 1.49. The zero-order valence-corrected chi connectivity index (χ0v) is 13.6. The van der Waals surface area contributed by atoms with Crippen LogP contribution in [0.4, 0.5) is 0 Å². The van der Waals surface area contributed by atoms with Gasteiger partial charge in [-0.3, -0.25) is 0 Å². The fourth-order valence-corrected chi connectivity index (χ4v) is 3.36. The average Bonchev–Trinajstić information content (AvgIpc) is 2.53. The number of hydrogen-bond acceptors (Lipinski definition) is 4. The predicted molar refractivity (Wildman–Crippen MR) is 84.8 cm³/mol. The molecule has 0 aliphatic carbocycles. The third-order valence-corrected chi connectivity index (χ3v) is 4.82. The monoisotopic (exact) mass is 321 g/mol. The van der Waals surface area contributed by atoms with E-state index in [9.17, 15) is 8.42 Å². The second-order valence-corrected chi connectivity index (χ2v) is 6.52. The second kappa shape index (κ2) is 6.81. The minimum Gasteiger partial charge on any atom is -0.493 e. The number of aryl methyl sites for hydroxylation is 1. The molecule has 22 heavy (non-hydrogen) atoms. The second-order valence-electron chi connectivity index (χ2n) is 4.78. The Balaban J connectivity index is 2.29. The molecule has 5 nitrogen and oxygen atoms in total. The molecule has 0 saturated heterocycles. The number of ether oxygens (including phenoxy) is 2. The van der Waals surface area contributed by atoms with Gasteiger partial charge in [-0.25, -0.2) is 13.1 Å². The van der Waals surface area contributed by atoms with Crippen molar-refractivity contribution in [2.24, 2.45) is 0 Å². The first kappa shape index (κ1) is 16.3. The van der Waals surface area contributed by atoms with Crippen LogP contribution >= 0.6 is 0 Å². The topological polar surface area (TPSA) is 64.6 Å². The summed E-state index contributed by atoms with van der Waals surface area (Å²) in [4.78, 5) is 0.182. The molecule has 0 fully saturated rings. The van der Waals surface area contributed by atoms with E-state index in [1.165, 1.54) is 20.3 Å². The summed E-state index contributed by atoms with van der Waals surface area (Å²) in [5, 5.41) is 0. The lowest BCUT2D eigenvalue weighted by atomic mass is 10.2. The summed E-state index contributed by atoms with van der Waals surface area (Å²) in [6.07, 6.45) is 0. The zero-order chi connectivity index (χ0) is 16.2. The Bertz CT molecular complexity index is 742. The lowest BCUT2D eigenvalue weighted by Crippen LogP contribution is -2.24. The van der Waals surface area contributed by atoms with Gasteiger partial charge in [0.25, 0.3) is 0 Å². The molecular weight excluding hydrogens is 302 g/mol. The Morgan fingerprint density at radius 3 is 2.18 bits per heavy atom. The van der Waals surface area contributed by atoms with Crippen LogP contribution in [-0.2, 0) is 16.6 Å². The van der Waals surface area contributed by atoms with Gasteiger partial charge in [-0.15, -0.1) is 0 Å². The SMILES string of the molecule is COc1cc(C)c(S(=O)(=O)NCc2ccccc2)cc1OC. The highest BCUT2D eigenvalue weighted by atomic mass is 32.2. The minimum atomic E-state index is -3.63. The molecule has 0 heterocycles. The summed E-state index contributed by atoms with van der Waals surface area (Å²) in [6.45, 7) is 1.95. The van der Waals surface area contributed by atoms with E-state index in [1.807, 2.05) is 30.3 Å². The number of methoxy groups -OCH3 is 2. The standard InChI is InChI=1S/C16H19NO4S/c1-12-9-14(20-2)15(21-3)10-16(12)22(18,19)17-11-13-7-5-4-6-8-13/h4-10,17H,11H2,1-3H3. The van der Waals surface area contributed by atoms with Crippen molar-refractivity contribution in [3.05, 3.63) is 53.6 Å². The van der Waals surface area contributed by atoms with Crippen molar-refractivity contribution >= 4 is 10.0 Å². The van der Waals surface area contributed by atoms with E-state index in [1.54, 1.807) is 13.0 Å². The first-order valence-corrected chi connectivity index (χ1v) is 8.22. The van der Waals surface area contributed by atoms with Crippen molar-refractivity contribution < 1.29 is 17.9 Å². The first-order valence-electron chi connectivity index (χ1n) is 6.74. The van der Waals surface area contributed by atoms with Crippen LogP contribution in [0, 0.1) is 6.92 Å². The number of nitrogens with one attached hydrogen (secondary N) is 1. The fourth-order valence-electron chi connectivity index (χ4n) is 2.10. The highest BCUT2D eigenvalue weighted by Gasteiger charge is 2.20. The molecule has 0 atom stereocenters.